The van der Waals surface area contributed by atoms with Gasteiger partial charge in [-0.15, -0.1) is 0 Å². The van der Waals surface area contributed by atoms with E-state index in [4.69, 9.17) is 26.8 Å². The maximum Gasteiger partial charge on any atom is 0.339 e. The molecule has 0 aromatic heterocycles. The van der Waals surface area contributed by atoms with Gasteiger partial charge in [-0.2, -0.15) is 0 Å². The molecule has 0 bridgehead atoms. The lowest BCUT2D eigenvalue weighted by molar-refractivity contribution is -0.139. The molecule has 0 saturated carbocycles. The van der Waals surface area contributed by atoms with Crippen molar-refractivity contribution in [2.45, 2.75) is 32.2 Å². The van der Waals surface area contributed by atoms with E-state index in [1.165, 1.54) is 19.1 Å². The van der Waals surface area contributed by atoms with Crippen LogP contribution in [0.1, 0.15) is 36.5 Å². The molecule has 0 aliphatic rings. The number of para-hydroxylation sites is 1. The first-order valence-corrected chi connectivity index (χ1v) is 8.17. The third-order valence-electron chi connectivity index (χ3n) is 2.83. The van der Waals surface area contributed by atoms with Gasteiger partial charge in [0.25, 0.3) is 0 Å². The number of carbonyl (C=O) groups excluding carboxylic acids is 1. The number of hydrogen-bond donors (Lipinski definition) is 6. The molecular formula is C17H27N3O8. The molecule has 0 amide bonds. The van der Waals surface area contributed by atoms with Crippen LogP contribution in [0, 0.1) is 0 Å². The Morgan fingerprint density at radius 2 is 1.57 bits per heavy atom. The molecule has 1 aromatic rings. The van der Waals surface area contributed by atoms with E-state index >= 15 is 0 Å². The van der Waals surface area contributed by atoms with Gasteiger partial charge in [0, 0.05) is 6.92 Å². The highest BCUT2D eigenvalue weighted by atomic mass is 16.5. The number of benzene rings is 1. The predicted molar refractivity (Wildman–Crippen MR) is 99.9 cm³/mol. The molecule has 0 heterocycles. The fourth-order valence-electron chi connectivity index (χ4n) is 1.52. The summed E-state index contributed by atoms with van der Waals surface area (Å²) >= 11 is 0. The number of carboxylic acid groups (broad SMARTS) is 3. The van der Waals surface area contributed by atoms with Crippen LogP contribution in [-0.4, -0.2) is 58.3 Å². The Labute approximate surface area is 162 Å². The van der Waals surface area contributed by atoms with Gasteiger partial charge in [0.2, 0.25) is 0 Å². The topological polar surface area (TPSA) is 216 Å². The van der Waals surface area contributed by atoms with Crippen molar-refractivity contribution < 1.29 is 39.2 Å². The Bertz CT molecular complexity index is 637. The number of aliphatic carboxylic acids is 2. The summed E-state index contributed by atoms with van der Waals surface area (Å²) in [6.07, 6.45) is 2.16. The van der Waals surface area contributed by atoms with Gasteiger partial charge in [-0.3, -0.25) is 14.4 Å². The van der Waals surface area contributed by atoms with Crippen LogP contribution in [-0.2, 0) is 14.4 Å². The molecule has 0 radical (unpaired) electrons. The summed E-state index contributed by atoms with van der Waals surface area (Å²) in [6.45, 7) is 1.55. The van der Waals surface area contributed by atoms with Crippen molar-refractivity contribution in [1.82, 2.24) is 0 Å². The van der Waals surface area contributed by atoms with Crippen molar-refractivity contribution in [2.75, 3.05) is 13.1 Å². The minimum atomic E-state index is -1.11. The van der Waals surface area contributed by atoms with E-state index in [1.807, 2.05) is 0 Å². The lowest BCUT2D eigenvalue weighted by Gasteiger charge is -2.03. The van der Waals surface area contributed by atoms with E-state index in [0.717, 1.165) is 12.8 Å². The molecule has 158 valence electrons. The number of hydrogen-bond acceptors (Lipinski definition) is 8. The maximum atomic E-state index is 10.6. The third kappa shape index (κ3) is 15.3. The van der Waals surface area contributed by atoms with Crippen molar-refractivity contribution in [1.29, 1.82) is 0 Å². The highest BCUT2D eigenvalue weighted by Gasteiger charge is 2.11. The normalized spacial score (nSPS) is 10.3. The Morgan fingerprint density at radius 1 is 1.04 bits per heavy atom. The summed E-state index contributed by atoms with van der Waals surface area (Å²) in [6, 6.07) is 5.26. The van der Waals surface area contributed by atoms with Crippen LogP contribution in [0.2, 0.25) is 0 Å². The van der Waals surface area contributed by atoms with E-state index in [9.17, 15) is 19.2 Å². The second-order valence-corrected chi connectivity index (χ2v) is 5.22. The van der Waals surface area contributed by atoms with Crippen molar-refractivity contribution >= 4 is 23.9 Å². The van der Waals surface area contributed by atoms with Crippen molar-refractivity contribution in [3.8, 4) is 5.75 Å². The predicted octanol–water partition coefficient (Wildman–Crippen LogP) is -0.133. The molecule has 1 rings (SSSR count). The van der Waals surface area contributed by atoms with Gasteiger partial charge in [0.05, 0.1) is 6.54 Å². The van der Waals surface area contributed by atoms with Crippen LogP contribution >= 0.6 is 0 Å². The minimum absolute atomic E-state index is 0.0160. The van der Waals surface area contributed by atoms with Crippen molar-refractivity contribution in [3.63, 3.8) is 0 Å². The molecule has 0 spiro atoms. The molecule has 0 aliphatic carbocycles. The van der Waals surface area contributed by atoms with Crippen LogP contribution < -0.4 is 21.9 Å². The van der Waals surface area contributed by atoms with E-state index in [0.29, 0.717) is 13.0 Å². The van der Waals surface area contributed by atoms with Gasteiger partial charge >= 0.3 is 23.9 Å². The standard InChI is InChI=1S/C9H8O4.C6H14N2O2.C2H5NO2/c1-6(10)13-8-5-3-2-4-7(8)9(11)12;7-4-2-1-3-5(8)6(9)10;3-1-2(4)5/h2-5H,1H3,(H,11,12);5H,1-4,7-8H2,(H,9,10);1,3H2,(H,4,5). The van der Waals surface area contributed by atoms with Gasteiger partial charge in [0.1, 0.15) is 17.4 Å². The maximum absolute atomic E-state index is 10.6. The zero-order valence-electron chi connectivity index (χ0n) is 15.5. The van der Waals surface area contributed by atoms with Gasteiger partial charge < -0.3 is 37.3 Å². The average molecular weight is 401 g/mol. The summed E-state index contributed by atoms with van der Waals surface area (Å²) in [7, 11) is 0. The number of esters is 1. The minimum Gasteiger partial charge on any atom is -0.480 e. The molecule has 11 nitrogen and oxygen atoms in total. The van der Waals surface area contributed by atoms with Crippen LogP contribution in [0.5, 0.6) is 5.75 Å². The Morgan fingerprint density at radius 3 is 1.96 bits per heavy atom. The number of nitrogens with two attached hydrogens (primary N) is 3. The molecule has 11 heteroatoms. The second-order valence-electron chi connectivity index (χ2n) is 5.22. The monoisotopic (exact) mass is 401 g/mol. The van der Waals surface area contributed by atoms with Crippen LogP contribution in [0.25, 0.3) is 0 Å². The van der Waals surface area contributed by atoms with E-state index in [2.05, 4.69) is 10.5 Å². The molecule has 0 fully saturated rings. The van der Waals surface area contributed by atoms with Gasteiger partial charge in [-0.1, -0.05) is 18.6 Å². The second kappa shape index (κ2) is 16.2. The van der Waals surface area contributed by atoms with Crippen molar-refractivity contribution in [2.24, 2.45) is 17.2 Å². The fraction of sp³-hybridized carbons (Fsp3) is 0.412. The Kier molecular flexibility index (Phi) is 15.7. The number of carbonyl (C=O) groups is 4. The van der Waals surface area contributed by atoms with Crippen LogP contribution in [0.4, 0.5) is 0 Å². The van der Waals surface area contributed by atoms with Gasteiger partial charge in [-0.05, 0) is 31.5 Å². The third-order valence-corrected chi connectivity index (χ3v) is 2.83. The highest BCUT2D eigenvalue weighted by molar-refractivity contribution is 5.91. The number of aromatic carboxylic acids is 1. The number of unbranched alkanes of at least 4 members (excludes halogenated alkanes) is 1. The summed E-state index contributed by atoms with van der Waals surface area (Å²) in [5.74, 6) is -3.48. The van der Waals surface area contributed by atoms with Crippen LogP contribution in [0.15, 0.2) is 24.3 Å². The molecule has 1 unspecified atom stereocenters. The quantitative estimate of drug-likeness (QED) is 0.191. The SMILES string of the molecule is CC(=O)Oc1ccccc1C(=O)O.NCC(=O)O.NCCCCC(N)C(=O)O. The molecular weight excluding hydrogens is 374 g/mol. The van der Waals surface area contributed by atoms with Crippen LogP contribution in [0.3, 0.4) is 0 Å². The molecule has 28 heavy (non-hydrogen) atoms. The summed E-state index contributed by atoms with van der Waals surface area (Å²) in [4.78, 5) is 40.6. The van der Waals surface area contributed by atoms with Gasteiger partial charge in [0.15, 0.2) is 0 Å². The zero-order chi connectivity index (χ0) is 22.1. The number of carboxylic acids is 3. The van der Waals surface area contributed by atoms with Crippen molar-refractivity contribution in [3.05, 3.63) is 29.8 Å². The summed E-state index contributed by atoms with van der Waals surface area (Å²) in [5.41, 5.74) is 15.0. The molecule has 0 saturated heterocycles. The lowest BCUT2D eigenvalue weighted by atomic mass is 10.1. The fourth-order valence-corrected chi connectivity index (χ4v) is 1.52. The van der Waals surface area contributed by atoms with E-state index in [-0.39, 0.29) is 17.9 Å². The molecule has 9 N–H and O–H groups in total. The van der Waals surface area contributed by atoms with E-state index < -0.39 is 29.9 Å². The van der Waals surface area contributed by atoms with Gasteiger partial charge in [-0.25, -0.2) is 4.79 Å². The number of rotatable bonds is 8. The average Bonchev–Trinajstić information content (AvgIpc) is 2.62. The lowest BCUT2D eigenvalue weighted by Crippen LogP contribution is -2.29. The van der Waals surface area contributed by atoms with E-state index in [1.54, 1.807) is 12.1 Å². The highest BCUT2D eigenvalue weighted by Crippen LogP contribution is 2.17. The summed E-state index contributed by atoms with van der Waals surface area (Å²) < 4.78 is 4.69. The Hall–Kier alpha value is -3.02. The molecule has 1 atom stereocenters. The smallest absolute Gasteiger partial charge is 0.339 e. The zero-order valence-corrected chi connectivity index (χ0v) is 15.5. The molecule has 0 aliphatic heterocycles. The largest absolute Gasteiger partial charge is 0.480 e. The number of ether oxygens (including phenoxy) is 1. The first kappa shape index (κ1) is 27.2. The first-order chi connectivity index (χ1) is 13.1. The Balaban J connectivity index is 0. The summed E-state index contributed by atoms with van der Waals surface area (Å²) in [5, 5.41) is 24.6. The first-order valence-electron chi connectivity index (χ1n) is 8.17. The molecule has 1 aromatic carbocycles.